The Morgan fingerprint density at radius 2 is 2.21 bits per heavy atom. The van der Waals surface area contributed by atoms with Gasteiger partial charge >= 0.3 is 5.97 Å². The molecule has 0 bridgehead atoms. The second-order valence-electron chi connectivity index (χ2n) is 6.22. The lowest BCUT2D eigenvalue weighted by molar-refractivity contribution is -0.159. The minimum Gasteiger partial charge on any atom is -0.481 e. The zero-order valence-electron chi connectivity index (χ0n) is 12.1. The molecule has 4 heteroatoms. The van der Waals surface area contributed by atoms with Crippen LogP contribution in [0.3, 0.4) is 0 Å². The number of ether oxygens (including phenoxy) is 1. The first kappa shape index (κ1) is 14.8. The Labute approximate surface area is 116 Å². The second kappa shape index (κ2) is 6.71. The fraction of sp³-hybridized carbons (Fsp3) is 0.933. The van der Waals surface area contributed by atoms with E-state index in [2.05, 4.69) is 11.8 Å². The van der Waals surface area contributed by atoms with E-state index in [4.69, 9.17) is 4.74 Å². The van der Waals surface area contributed by atoms with Crippen LogP contribution in [0, 0.1) is 11.3 Å². The van der Waals surface area contributed by atoms with Gasteiger partial charge in [-0.2, -0.15) is 0 Å². The van der Waals surface area contributed by atoms with Crippen LogP contribution < -0.4 is 0 Å². The summed E-state index contributed by atoms with van der Waals surface area (Å²) >= 11 is 0. The Morgan fingerprint density at radius 1 is 1.37 bits per heavy atom. The van der Waals surface area contributed by atoms with Crippen molar-refractivity contribution in [3.8, 4) is 0 Å². The van der Waals surface area contributed by atoms with Crippen molar-refractivity contribution in [1.82, 2.24) is 4.90 Å². The Balaban J connectivity index is 1.95. The van der Waals surface area contributed by atoms with Crippen molar-refractivity contribution in [3.05, 3.63) is 0 Å². The van der Waals surface area contributed by atoms with Crippen LogP contribution in [-0.4, -0.2) is 48.8 Å². The maximum Gasteiger partial charge on any atom is 0.313 e. The molecule has 19 heavy (non-hydrogen) atoms. The first-order chi connectivity index (χ1) is 9.16. The summed E-state index contributed by atoms with van der Waals surface area (Å²) in [6, 6.07) is 0. The van der Waals surface area contributed by atoms with Crippen LogP contribution in [0.5, 0.6) is 0 Å². The zero-order valence-corrected chi connectivity index (χ0v) is 12.1. The van der Waals surface area contributed by atoms with Gasteiger partial charge in [-0.25, -0.2) is 0 Å². The molecule has 0 aliphatic carbocycles. The van der Waals surface area contributed by atoms with Crippen LogP contribution in [0.2, 0.25) is 0 Å². The number of likely N-dealkylation sites (tertiary alicyclic amines) is 1. The van der Waals surface area contributed by atoms with E-state index in [0.29, 0.717) is 19.8 Å². The number of nitrogens with zero attached hydrogens (tertiary/aromatic N) is 1. The Kier molecular flexibility index (Phi) is 5.22. The summed E-state index contributed by atoms with van der Waals surface area (Å²) in [5, 5.41) is 9.58. The first-order valence-electron chi connectivity index (χ1n) is 7.70. The predicted octanol–water partition coefficient (Wildman–Crippen LogP) is 2.38. The smallest absolute Gasteiger partial charge is 0.313 e. The topological polar surface area (TPSA) is 49.8 Å². The number of hydrogen-bond donors (Lipinski definition) is 1. The molecule has 0 spiro atoms. The number of aliphatic carboxylic acids is 1. The number of carboxylic acids is 1. The van der Waals surface area contributed by atoms with Gasteiger partial charge in [0, 0.05) is 13.2 Å². The average Bonchev–Trinajstić information content (AvgIpc) is 2.65. The SMILES string of the molecule is CCC1CCCN(CC2(C(=O)O)CCCOC2)CC1. The van der Waals surface area contributed by atoms with Crippen molar-refractivity contribution in [2.75, 3.05) is 32.8 Å². The van der Waals surface area contributed by atoms with Crippen molar-refractivity contribution in [2.24, 2.45) is 11.3 Å². The molecule has 0 saturated carbocycles. The summed E-state index contributed by atoms with van der Waals surface area (Å²) in [5.41, 5.74) is -0.662. The second-order valence-corrected chi connectivity index (χ2v) is 6.22. The molecule has 0 aromatic heterocycles. The number of hydrogen-bond acceptors (Lipinski definition) is 3. The minimum absolute atomic E-state index is 0.385. The molecule has 0 radical (unpaired) electrons. The molecule has 2 unspecified atom stereocenters. The third-order valence-electron chi connectivity index (χ3n) is 4.82. The van der Waals surface area contributed by atoms with E-state index in [-0.39, 0.29) is 0 Å². The van der Waals surface area contributed by atoms with Crippen LogP contribution >= 0.6 is 0 Å². The van der Waals surface area contributed by atoms with Gasteiger partial charge < -0.3 is 14.7 Å². The summed E-state index contributed by atoms with van der Waals surface area (Å²) in [6.07, 6.45) is 6.60. The molecule has 2 heterocycles. The van der Waals surface area contributed by atoms with Crippen LogP contribution in [0.4, 0.5) is 0 Å². The normalized spacial score (nSPS) is 33.8. The summed E-state index contributed by atoms with van der Waals surface area (Å²) in [6.45, 7) is 6.12. The van der Waals surface area contributed by atoms with E-state index >= 15 is 0 Å². The van der Waals surface area contributed by atoms with E-state index in [1.165, 1.54) is 25.7 Å². The summed E-state index contributed by atoms with van der Waals surface area (Å²) in [7, 11) is 0. The highest BCUT2D eigenvalue weighted by Gasteiger charge is 2.42. The first-order valence-corrected chi connectivity index (χ1v) is 7.70. The van der Waals surface area contributed by atoms with E-state index in [9.17, 15) is 9.90 Å². The lowest BCUT2D eigenvalue weighted by atomic mass is 9.82. The highest BCUT2D eigenvalue weighted by Crippen LogP contribution is 2.31. The van der Waals surface area contributed by atoms with Crippen LogP contribution in [0.25, 0.3) is 0 Å². The number of carbonyl (C=O) groups is 1. The van der Waals surface area contributed by atoms with Gasteiger partial charge in [0.05, 0.1) is 6.61 Å². The molecule has 2 aliphatic rings. The van der Waals surface area contributed by atoms with Crippen LogP contribution in [-0.2, 0) is 9.53 Å². The van der Waals surface area contributed by atoms with Crippen molar-refractivity contribution in [2.45, 2.75) is 45.4 Å². The van der Waals surface area contributed by atoms with E-state index in [1.807, 2.05) is 0 Å². The highest BCUT2D eigenvalue weighted by molar-refractivity contribution is 5.75. The fourth-order valence-corrected chi connectivity index (χ4v) is 3.43. The Bertz CT molecular complexity index is 300. The van der Waals surface area contributed by atoms with Crippen LogP contribution in [0.15, 0.2) is 0 Å². The van der Waals surface area contributed by atoms with Crippen molar-refractivity contribution in [3.63, 3.8) is 0 Å². The Hall–Kier alpha value is -0.610. The number of rotatable bonds is 4. The van der Waals surface area contributed by atoms with E-state index < -0.39 is 11.4 Å². The molecule has 0 aromatic rings. The quantitative estimate of drug-likeness (QED) is 0.851. The maximum absolute atomic E-state index is 11.6. The Morgan fingerprint density at radius 3 is 2.84 bits per heavy atom. The van der Waals surface area contributed by atoms with Gasteiger partial charge in [0.15, 0.2) is 0 Å². The van der Waals surface area contributed by atoms with E-state index in [0.717, 1.165) is 31.8 Å². The van der Waals surface area contributed by atoms with Gasteiger partial charge in [-0.05, 0) is 51.1 Å². The largest absolute Gasteiger partial charge is 0.481 e. The highest BCUT2D eigenvalue weighted by atomic mass is 16.5. The lowest BCUT2D eigenvalue weighted by Gasteiger charge is -2.37. The summed E-state index contributed by atoms with van der Waals surface area (Å²) < 4.78 is 5.45. The molecule has 2 atom stereocenters. The molecular formula is C15H27NO3. The third kappa shape index (κ3) is 3.69. The van der Waals surface area contributed by atoms with Crippen molar-refractivity contribution < 1.29 is 14.6 Å². The fourth-order valence-electron chi connectivity index (χ4n) is 3.43. The van der Waals surface area contributed by atoms with Gasteiger partial charge in [-0.15, -0.1) is 0 Å². The van der Waals surface area contributed by atoms with Gasteiger partial charge in [0.2, 0.25) is 0 Å². The molecule has 4 nitrogen and oxygen atoms in total. The number of carboxylic acid groups (broad SMARTS) is 1. The van der Waals surface area contributed by atoms with Crippen molar-refractivity contribution >= 4 is 5.97 Å². The van der Waals surface area contributed by atoms with E-state index in [1.54, 1.807) is 0 Å². The standard InChI is InChI=1S/C15H27NO3/c1-2-13-5-3-8-16(9-6-13)11-15(14(17)18)7-4-10-19-12-15/h13H,2-12H2,1H3,(H,17,18). The molecule has 2 saturated heterocycles. The third-order valence-corrected chi connectivity index (χ3v) is 4.82. The summed E-state index contributed by atoms with van der Waals surface area (Å²) in [4.78, 5) is 14.0. The van der Waals surface area contributed by atoms with Crippen LogP contribution in [0.1, 0.15) is 45.4 Å². The molecular weight excluding hydrogens is 242 g/mol. The molecule has 0 amide bonds. The molecule has 1 N–H and O–H groups in total. The maximum atomic E-state index is 11.6. The van der Waals surface area contributed by atoms with Gasteiger partial charge in [-0.3, -0.25) is 4.79 Å². The average molecular weight is 269 g/mol. The molecule has 2 fully saturated rings. The van der Waals surface area contributed by atoms with Crippen molar-refractivity contribution in [1.29, 1.82) is 0 Å². The van der Waals surface area contributed by atoms with Gasteiger partial charge in [0.1, 0.15) is 5.41 Å². The molecule has 2 aliphatic heterocycles. The molecule has 2 rings (SSSR count). The molecule has 110 valence electrons. The van der Waals surface area contributed by atoms with Gasteiger partial charge in [0.25, 0.3) is 0 Å². The lowest BCUT2D eigenvalue weighted by Crippen LogP contribution is -2.48. The van der Waals surface area contributed by atoms with Gasteiger partial charge in [-0.1, -0.05) is 13.3 Å². The predicted molar refractivity (Wildman–Crippen MR) is 74.2 cm³/mol. The monoisotopic (exact) mass is 269 g/mol. The zero-order chi connectivity index (χ0) is 13.7. The molecule has 0 aromatic carbocycles. The summed E-state index contributed by atoms with van der Waals surface area (Å²) in [5.74, 6) is 0.150. The minimum atomic E-state index is -0.677.